The van der Waals surface area contributed by atoms with Crippen molar-refractivity contribution in [3.8, 4) is 41.2 Å². The van der Waals surface area contributed by atoms with Crippen molar-refractivity contribution in [2.75, 3.05) is 13.7 Å². The van der Waals surface area contributed by atoms with Gasteiger partial charge in [0.05, 0.1) is 56.2 Å². The van der Waals surface area contributed by atoms with Gasteiger partial charge in [0.1, 0.15) is 44.1 Å². The molecule has 1 saturated heterocycles. The first-order valence-electron chi connectivity index (χ1n) is 21.9. The van der Waals surface area contributed by atoms with E-state index in [4.69, 9.17) is 56.3 Å². The number of carboxylic acids is 1. The highest BCUT2D eigenvalue weighted by atomic mass is 32.1. The van der Waals surface area contributed by atoms with Crippen LogP contribution in [0.2, 0.25) is 0 Å². The zero-order valence-corrected chi connectivity index (χ0v) is 42.5. The van der Waals surface area contributed by atoms with E-state index in [0.29, 0.717) is 69.2 Å². The van der Waals surface area contributed by atoms with Gasteiger partial charge in [0.25, 0.3) is 17.3 Å². The molecule has 7 heterocycles. The molecular formula is C50H35F4N5O16P2S. The molecule has 1 fully saturated rings. The van der Waals surface area contributed by atoms with Crippen LogP contribution in [0.3, 0.4) is 0 Å². The number of hydrogen-bond donors (Lipinski definition) is 4. The average Bonchev–Trinajstić information content (AvgIpc) is 4.37. The summed E-state index contributed by atoms with van der Waals surface area (Å²) < 4.78 is 79.8. The van der Waals surface area contributed by atoms with E-state index in [0.717, 1.165) is 27.8 Å². The van der Waals surface area contributed by atoms with Crippen LogP contribution in [0.1, 0.15) is 90.2 Å². The maximum Gasteiger partial charge on any atom is 0.454 e. The van der Waals surface area contributed by atoms with Gasteiger partial charge in [-0.05, 0) is 85.0 Å². The number of ether oxygens (including phenoxy) is 5. The van der Waals surface area contributed by atoms with E-state index < -0.39 is 34.5 Å². The minimum absolute atomic E-state index is 0.176. The quantitative estimate of drug-likeness (QED) is 0.0209. The van der Waals surface area contributed by atoms with Crippen LogP contribution in [-0.4, -0.2) is 87.2 Å². The minimum Gasteiger partial charge on any atom is -0.478 e. The Labute approximate surface area is 445 Å². The van der Waals surface area contributed by atoms with Crippen molar-refractivity contribution in [3.05, 3.63) is 152 Å². The van der Waals surface area contributed by atoms with E-state index >= 15 is 0 Å². The van der Waals surface area contributed by atoms with Crippen LogP contribution in [-0.2, 0) is 55.0 Å². The second-order valence-electron chi connectivity index (χ2n) is 15.8. The summed E-state index contributed by atoms with van der Waals surface area (Å²) in [6.07, 6.45) is 4.71. The number of amides is 2. The molecule has 4 N–H and O–H groups in total. The molecule has 28 heteroatoms. The average molecular weight is 1130 g/mol. The van der Waals surface area contributed by atoms with Gasteiger partial charge < -0.3 is 48.3 Å². The van der Waals surface area contributed by atoms with E-state index in [1.807, 2.05) is 6.07 Å². The first-order chi connectivity index (χ1) is 37.3. The molecule has 2 amide bonds. The predicted molar refractivity (Wildman–Crippen MR) is 269 cm³/mol. The van der Waals surface area contributed by atoms with E-state index in [1.165, 1.54) is 43.8 Å². The molecule has 5 aliphatic heterocycles. The number of terminal acetylenes is 1. The van der Waals surface area contributed by atoms with Gasteiger partial charge in [0, 0.05) is 53.3 Å². The summed E-state index contributed by atoms with van der Waals surface area (Å²) in [7, 11) is -1.18. The van der Waals surface area contributed by atoms with Gasteiger partial charge in [-0.2, -0.15) is 13.2 Å². The highest BCUT2D eigenvalue weighted by molar-refractivity contribution is 8.17. The fraction of sp³-hybridized carbons (Fsp3) is 0.140. The van der Waals surface area contributed by atoms with Crippen LogP contribution in [0, 0.1) is 12.3 Å². The number of carbonyl (C=O) groups is 8. The standard InChI is InChI=1S/C15H9N3O4S.C12H9NO4.C12H9NO3.C9H6O4.C2H2F4OP2/c19-12-11(17-15(23)18-12)4-9-5-16-13(22-9)7-1-2-10-8(3-7)6-21-14(10)20;1-15-10-5-13-11(17-10)7-2-3-9-8(4-7)6-16-12(9)14;1-2-5-13-11(14)8-3-4-10-9(6-8)7-16-12(10)15;10-8(11)5-1-2-7-6(3-5)4-13-9(7)12;3-2(4,5)1(7)8-9-6/h1-5H,6H2,(H2,17,18,19,23);2-5H,6H2,1H3;1,3-4,6H,5,7H2,(H,13,14);1-3H,4H2,(H,10,11);8-9H/b11-4-;;;;. The highest BCUT2D eigenvalue weighted by Gasteiger charge is 2.37. The molecule has 21 nitrogen and oxygen atoms in total. The van der Waals surface area contributed by atoms with Gasteiger partial charge in [-0.3, -0.25) is 19.7 Å². The fourth-order valence-corrected chi connectivity index (χ4v) is 8.13. The summed E-state index contributed by atoms with van der Waals surface area (Å²) in [5.41, 5.74) is 5.68. The number of alkyl halides is 3. The number of cyclic esters (lactones) is 4. The van der Waals surface area contributed by atoms with Crippen molar-refractivity contribution in [2.24, 2.45) is 0 Å². The lowest BCUT2D eigenvalue weighted by molar-refractivity contribution is -0.160. The molecule has 0 bridgehead atoms. The normalized spacial score (nSPS) is 14.7. The molecule has 11 rings (SSSR count). The second kappa shape index (κ2) is 25.1. The molecule has 2 atom stereocenters. The number of fused-ring (bicyclic) bond motifs is 4. The number of aromatic nitrogens is 2. The molecule has 2 unspecified atom stereocenters. The van der Waals surface area contributed by atoms with Gasteiger partial charge in [0.15, 0.2) is 5.11 Å². The van der Waals surface area contributed by atoms with Crippen molar-refractivity contribution in [1.82, 2.24) is 25.9 Å². The number of carboxylic acid groups (broad SMARTS) is 1. The van der Waals surface area contributed by atoms with Crippen LogP contribution < -0.4 is 20.7 Å². The summed E-state index contributed by atoms with van der Waals surface area (Å²) in [5.74, 6) is 1.04. The zero-order valence-electron chi connectivity index (χ0n) is 39.7. The number of nitrogens with one attached hydrogen (secondary N) is 3. The van der Waals surface area contributed by atoms with Crippen molar-refractivity contribution in [1.29, 1.82) is 0 Å². The molecule has 5 aliphatic rings. The number of nitrogens with zero attached hydrogens (tertiary/aromatic N) is 2. The molecule has 78 heavy (non-hydrogen) atoms. The lowest BCUT2D eigenvalue weighted by atomic mass is 10.1. The van der Waals surface area contributed by atoms with Crippen molar-refractivity contribution < 1.29 is 93.3 Å². The SMILES string of the molecule is C#CCNC(=O)c1ccc2c(c1)COC2=O.COc1cnc(-c2ccc3c(c2)COC3=O)o1.O=C(O)c1ccc2c(c1)COC2=O.O=C(PPF)C(F)(F)F.O=C1NC(=S)N/C1=C\c1cnc(-c2ccc3c(c2)COC3=O)o1. The molecule has 6 aromatic rings. The monoisotopic (exact) mass is 1130 g/mol. The highest BCUT2D eigenvalue weighted by Crippen LogP contribution is 2.43. The first kappa shape index (κ1) is 56.6. The van der Waals surface area contributed by atoms with E-state index in [9.17, 15) is 55.7 Å². The molecule has 0 aliphatic carbocycles. The molecule has 400 valence electrons. The Morgan fingerprint density at radius 3 is 1.65 bits per heavy atom. The van der Waals surface area contributed by atoms with Gasteiger partial charge in [-0.15, -0.1) is 6.42 Å². The Kier molecular flexibility index (Phi) is 18.2. The number of methoxy groups -OCH3 is 1. The fourth-order valence-electron chi connectivity index (χ4n) is 7.02. The third-order valence-corrected chi connectivity index (χ3v) is 12.5. The summed E-state index contributed by atoms with van der Waals surface area (Å²) in [5, 5.41) is 16.7. The number of benzene rings is 4. The summed E-state index contributed by atoms with van der Waals surface area (Å²) in [6, 6.07) is 19.7. The first-order valence-corrected chi connectivity index (χ1v) is 25.2. The number of oxazole rings is 2. The number of aromatic carboxylic acids is 1. The zero-order chi connectivity index (χ0) is 56.3. The summed E-state index contributed by atoms with van der Waals surface area (Å²) in [6.45, 7) is 1.14. The van der Waals surface area contributed by atoms with Crippen molar-refractivity contribution >= 4 is 87.4 Å². The van der Waals surface area contributed by atoms with E-state index in [2.05, 4.69) is 31.8 Å². The summed E-state index contributed by atoms with van der Waals surface area (Å²) >= 11 is 4.86. The van der Waals surface area contributed by atoms with Crippen LogP contribution in [0.5, 0.6) is 5.95 Å². The van der Waals surface area contributed by atoms with Gasteiger partial charge in [-0.25, -0.2) is 38.1 Å². The summed E-state index contributed by atoms with van der Waals surface area (Å²) in [4.78, 5) is 96.6. The number of esters is 4. The second-order valence-corrected chi connectivity index (χ2v) is 18.4. The van der Waals surface area contributed by atoms with Crippen LogP contribution in [0.4, 0.5) is 17.4 Å². The minimum atomic E-state index is -4.85. The Balaban J connectivity index is 0.000000146. The van der Waals surface area contributed by atoms with E-state index in [-0.39, 0.29) is 72.7 Å². The number of hydrogen-bond acceptors (Lipinski definition) is 18. The molecule has 0 spiro atoms. The molecular weight excluding hydrogens is 1100 g/mol. The van der Waals surface area contributed by atoms with Crippen LogP contribution in [0.15, 0.2) is 99.7 Å². The largest absolute Gasteiger partial charge is 0.478 e. The Bertz CT molecular complexity index is 3500. The van der Waals surface area contributed by atoms with Crippen LogP contribution in [0.25, 0.3) is 29.0 Å². The van der Waals surface area contributed by atoms with Gasteiger partial charge in [-0.1, -0.05) is 5.92 Å². The maximum atomic E-state index is 11.6. The lowest BCUT2D eigenvalue weighted by Gasteiger charge is -2.02. The Hall–Kier alpha value is -9.17. The van der Waals surface area contributed by atoms with Gasteiger partial charge >= 0.3 is 42.0 Å². The Morgan fingerprint density at radius 1 is 0.744 bits per heavy atom. The number of thiocarbonyl (C=S) groups is 1. The molecule has 4 aromatic carbocycles. The number of halogens is 4. The van der Waals surface area contributed by atoms with Gasteiger partial charge in [0.2, 0.25) is 11.8 Å². The smallest absolute Gasteiger partial charge is 0.454 e. The maximum absolute atomic E-state index is 11.6. The van der Waals surface area contributed by atoms with Crippen LogP contribution >= 0.6 is 29.1 Å². The third kappa shape index (κ3) is 14.0. The number of carbonyl (C=O) groups excluding carboxylic acids is 7. The van der Waals surface area contributed by atoms with Crippen molar-refractivity contribution in [2.45, 2.75) is 32.6 Å². The third-order valence-electron chi connectivity index (χ3n) is 10.7. The molecule has 0 saturated carbocycles. The predicted octanol–water partition coefficient (Wildman–Crippen LogP) is 7.38. The number of rotatable bonds is 9. The van der Waals surface area contributed by atoms with Crippen molar-refractivity contribution in [3.63, 3.8) is 0 Å². The topological polar surface area (TPSA) is 291 Å². The lowest BCUT2D eigenvalue weighted by Crippen LogP contribution is -2.23. The molecule has 2 aromatic heterocycles. The molecule has 0 radical (unpaired) electrons. The van der Waals surface area contributed by atoms with E-state index in [1.54, 1.807) is 48.5 Å². The Morgan fingerprint density at radius 2 is 1.22 bits per heavy atom.